The van der Waals surface area contributed by atoms with Gasteiger partial charge in [0.15, 0.2) is 11.5 Å². The maximum atomic E-state index is 12.4. The van der Waals surface area contributed by atoms with E-state index in [1.807, 2.05) is 0 Å². The van der Waals surface area contributed by atoms with Gasteiger partial charge in [0.2, 0.25) is 10.0 Å². The van der Waals surface area contributed by atoms with Crippen molar-refractivity contribution < 1.29 is 27.8 Å². The van der Waals surface area contributed by atoms with Gasteiger partial charge in [-0.25, -0.2) is 13.1 Å². The van der Waals surface area contributed by atoms with Crippen LogP contribution in [0.3, 0.4) is 0 Å². The number of rotatable bonds is 9. The Morgan fingerprint density at radius 1 is 1.07 bits per heavy atom. The number of carboxylic acid groups (broad SMARTS) is 1. The van der Waals surface area contributed by atoms with Crippen molar-refractivity contribution in [3.63, 3.8) is 0 Å². The molecule has 0 saturated heterocycles. The van der Waals surface area contributed by atoms with Gasteiger partial charge in [0.25, 0.3) is 0 Å². The highest BCUT2D eigenvalue weighted by molar-refractivity contribution is 7.89. The number of sulfonamides is 1. The van der Waals surface area contributed by atoms with Gasteiger partial charge in [-0.1, -0.05) is 26.0 Å². The van der Waals surface area contributed by atoms with E-state index in [0.717, 1.165) is 0 Å². The van der Waals surface area contributed by atoms with Crippen LogP contribution in [0, 0.1) is 5.92 Å². The van der Waals surface area contributed by atoms with Crippen LogP contribution in [-0.4, -0.2) is 27.5 Å². The predicted molar refractivity (Wildman–Crippen MR) is 98.1 cm³/mol. The van der Waals surface area contributed by atoms with E-state index >= 15 is 0 Å². The van der Waals surface area contributed by atoms with E-state index in [2.05, 4.69) is 4.72 Å². The van der Waals surface area contributed by atoms with Gasteiger partial charge in [-0.2, -0.15) is 0 Å². The van der Waals surface area contributed by atoms with Crippen LogP contribution in [0.2, 0.25) is 0 Å². The predicted octanol–water partition coefficient (Wildman–Crippen LogP) is 1.93. The summed E-state index contributed by atoms with van der Waals surface area (Å²) in [6.07, 6.45) is 0.135. The maximum absolute atomic E-state index is 12.4. The monoisotopic (exact) mass is 392 g/mol. The molecule has 0 bridgehead atoms. The first-order valence-electron chi connectivity index (χ1n) is 8.37. The molecule has 7 nitrogen and oxygen atoms in total. The lowest BCUT2D eigenvalue weighted by atomic mass is 10.1. The highest BCUT2D eigenvalue weighted by Crippen LogP contribution is 2.31. The van der Waals surface area contributed by atoms with Crippen molar-refractivity contribution in [1.82, 2.24) is 4.72 Å². The molecule has 0 spiro atoms. The van der Waals surface area contributed by atoms with Crippen LogP contribution in [-0.2, 0) is 14.8 Å². The van der Waals surface area contributed by atoms with Crippen LogP contribution in [0.1, 0.15) is 20.3 Å². The molecule has 0 aliphatic rings. The van der Waals surface area contributed by atoms with Crippen LogP contribution in [0.5, 0.6) is 17.2 Å². The first-order valence-corrected chi connectivity index (χ1v) is 9.85. The molecule has 0 aromatic heterocycles. The Balaban J connectivity index is 2.16. The van der Waals surface area contributed by atoms with Gasteiger partial charge < -0.3 is 19.4 Å². The summed E-state index contributed by atoms with van der Waals surface area (Å²) in [5, 5.41) is 11.2. The zero-order valence-electron chi connectivity index (χ0n) is 15.3. The fraction of sp³-hybridized carbons (Fsp3) is 0.316. The van der Waals surface area contributed by atoms with Crippen LogP contribution < -0.4 is 19.3 Å². The third kappa shape index (κ3) is 5.70. The fourth-order valence-electron chi connectivity index (χ4n) is 2.44. The third-order valence-corrected chi connectivity index (χ3v) is 5.21. The Morgan fingerprint density at radius 3 is 2.19 bits per heavy atom. The molecule has 0 heterocycles. The smallest absolute Gasteiger partial charge is 0.241 e. The third-order valence-electron chi connectivity index (χ3n) is 3.72. The fourth-order valence-corrected chi connectivity index (χ4v) is 3.63. The SMILES string of the molecule is COc1ccccc1Oc1ccc(S(=O)(=O)N[C@H](CC(C)C)C(=O)[O-])cc1. The minimum absolute atomic E-state index is 0.00720. The molecule has 1 atom stereocenters. The van der Waals surface area contributed by atoms with Crippen molar-refractivity contribution >= 4 is 16.0 Å². The number of methoxy groups -OCH3 is 1. The summed E-state index contributed by atoms with van der Waals surface area (Å²) < 4.78 is 37.9. The van der Waals surface area contributed by atoms with Crippen molar-refractivity contribution in [2.75, 3.05) is 7.11 Å². The van der Waals surface area contributed by atoms with Crippen molar-refractivity contribution in [1.29, 1.82) is 0 Å². The van der Waals surface area contributed by atoms with Crippen LogP contribution in [0.4, 0.5) is 0 Å². The standard InChI is InChI=1S/C19H23NO6S/c1-13(2)12-16(19(21)22)20-27(23,24)15-10-8-14(9-11-15)26-18-7-5-4-6-17(18)25-3/h4-11,13,16,20H,12H2,1-3H3,(H,21,22)/p-1/t16-/m1/s1. The van der Waals surface area contributed by atoms with E-state index in [0.29, 0.717) is 17.2 Å². The minimum Gasteiger partial charge on any atom is -0.548 e. The average molecular weight is 392 g/mol. The van der Waals surface area contributed by atoms with E-state index in [-0.39, 0.29) is 17.2 Å². The van der Waals surface area contributed by atoms with Gasteiger partial charge >= 0.3 is 0 Å². The average Bonchev–Trinajstić information content (AvgIpc) is 2.61. The molecular weight excluding hydrogens is 370 g/mol. The Hall–Kier alpha value is -2.58. The van der Waals surface area contributed by atoms with Gasteiger partial charge in [-0.05, 0) is 48.7 Å². The second kappa shape index (κ2) is 8.88. The van der Waals surface area contributed by atoms with E-state index in [9.17, 15) is 18.3 Å². The summed E-state index contributed by atoms with van der Waals surface area (Å²) in [6, 6.07) is 11.4. The number of carbonyl (C=O) groups is 1. The van der Waals surface area contributed by atoms with Gasteiger partial charge in [-0.3, -0.25) is 0 Å². The number of aliphatic carboxylic acids is 1. The molecule has 27 heavy (non-hydrogen) atoms. The quantitative estimate of drug-likeness (QED) is 0.699. The number of carbonyl (C=O) groups excluding carboxylic acids is 1. The van der Waals surface area contributed by atoms with Crippen LogP contribution in [0.25, 0.3) is 0 Å². The van der Waals surface area contributed by atoms with E-state index < -0.39 is 22.0 Å². The molecule has 0 amide bonds. The Labute approximate surface area is 159 Å². The lowest BCUT2D eigenvalue weighted by Crippen LogP contribution is -2.48. The van der Waals surface area contributed by atoms with E-state index in [1.54, 1.807) is 38.1 Å². The van der Waals surface area contributed by atoms with Crippen molar-refractivity contribution in [2.24, 2.45) is 5.92 Å². The second-order valence-electron chi connectivity index (χ2n) is 6.35. The molecule has 8 heteroatoms. The van der Waals surface area contributed by atoms with Gasteiger partial charge in [-0.15, -0.1) is 0 Å². The number of hydrogen-bond acceptors (Lipinski definition) is 6. The van der Waals surface area contributed by atoms with Gasteiger partial charge in [0.1, 0.15) is 5.75 Å². The number of hydrogen-bond donors (Lipinski definition) is 1. The second-order valence-corrected chi connectivity index (χ2v) is 8.06. The van der Waals surface area contributed by atoms with Gasteiger partial charge in [0.05, 0.1) is 24.0 Å². The minimum atomic E-state index is -4.00. The summed E-state index contributed by atoms with van der Waals surface area (Å²) >= 11 is 0. The number of nitrogens with one attached hydrogen (secondary N) is 1. The Kier molecular flexibility index (Phi) is 6.81. The number of para-hydroxylation sites is 2. The normalized spacial score (nSPS) is 12.6. The maximum Gasteiger partial charge on any atom is 0.241 e. The van der Waals surface area contributed by atoms with Crippen molar-refractivity contribution in [3.05, 3.63) is 48.5 Å². The summed E-state index contributed by atoms with van der Waals surface area (Å²) in [5.74, 6) is -0.0169. The molecule has 0 saturated carbocycles. The number of benzene rings is 2. The van der Waals surface area contributed by atoms with Crippen LogP contribution >= 0.6 is 0 Å². The zero-order valence-corrected chi connectivity index (χ0v) is 16.2. The summed E-state index contributed by atoms with van der Waals surface area (Å²) in [6.45, 7) is 3.60. The van der Waals surface area contributed by atoms with Crippen molar-refractivity contribution in [2.45, 2.75) is 31.2 Å². The van der Waals surface area contributed by atoms with Gasteiger partial charge in [0, 0.05) is 0 Å². The number of carboxylic acids is 1. The summed E-state index contributed by atoms with van der Waals surface area (Å²) in [5.41, 5.74) is 0. The molecular formula is C19H22NO6S-. The van der Waals surface area contributed by atoms with Crippen LogP contribution in [0.15, 0.2) is 53.4 Å². The highest BCUT2D eigenvalue weighted by Gasteiger charge is 2.22. The molecule has 2 rings (SSSR count). The Morgan fingerprint density at radius 2 is 1.67 bits per heavy atom. The first kappa shape index (κ1) is 20.7. The molecule has 0 fully saturated rings. The topological polar surface area (TPSA) is 105 Å². The molecule has 2 aromatic carbocycles. The largest absolute Gasteiger partial charge is 0.548 e. The van der Waals surface area contributed by atoms with E-state index in [4.69, 9.17) is 9.47 Å². The van der Waals surface area contributed by atoms with E-state index in [1.165, 1.54) is 31.4 Å². The highest BCUT2D eigenvalue weighted by atomic mass is 32.2. The zero-order chi connectivity index (χ0) is 20.0. The lowest BCUT2D eigenvalue weighted by Gasteiger charge is -2.21. The van der Waals surface area contributed by atoms with Crippen molar-refractivity contribution in [3.8, 4) is 17.2 Å². The number of ether oxygens (including phenoxy) is 2. The molecule has 0 unspecified atom stereocenters. The Bertz CT molecular complexity index is 877. The first-order chi connectivity index (χ1) is 12.7. The molecule has 2 aromatic rings. The molecule has 0 radical (unpaired) electrons. The summed E-state index contributed by atoms with van der Waals surface area (Å²) in [4.78, 5) is 11.1. The lowest BCUT2D eigenvalue weighted by molar-refractivity contribution is -0.308. The molecule has 1 N–H and O–H groups in total. The summed E-state index contributed by atoms with van der Waals surface area (Å²) in [7, 11) is -2.48. The molecule has 146 valence electrons. The molecule has 0 aliphatic heterocycles. The molecule has 0 aliphatic carbocycles.